The van der Waals surface area contributed by atoms with Gasteiger partial charge in [0.1, 0.15) is 6.67 Å². The maximum atomic E-state index is 13.2. The molecule has 0 unspecified atom stereocenters. The van der Waals surface area contributed by atoms with Crippen molar-refractivity contribution in [3.63, 3.8) is 0 Å². The third-order valence-electron chi connectivity index (χ3n) is 4.50. The van der Waals surface area contributed by atoms with Crippen LogP contribution in [0.2, 0.25) is 0 Å². The topological polar surface area (TPSA) is 60.8 Å². The number of rotatable bonds is 5. The van der Waals surface area contributed by atoms with Gasteiger partial charge in [0.05, 0.1) is 28.7 Å². The van der Waals surface area contributed by atoms with Gasteiger partial charge in [-0.2, -0.15) is 18.3 Å². The molecule has 1 N–H and O–H groups in total. The van der Waals surface area contributed by atoms with Crippen LogP contribution >= 0.6 is 12.2 Å². The van der Waals surface area contributed by atoms with Crippen LogP contribution in [0.5, 0.6) is 0 Å². The fraction of sp³-hybridized carbons (Fsp3) is 0.150. The van der Waals surface area contributed by atoms with Crippen LogP contribution < -0.4 is 5.32 Å². The Morgan fingerprint density at radius 2 is 1.77 bits per heavy atom. The number of hydrogen-bond donors (Lipinski definition) is 1. The summed E-state index contributed by atoms with van der Waals surface area (Å²) < 4.78 is 48.1. The Hall–Kier alpha value is -3.40. The highest BCUT2D eigenvalue weighted by Gasteiger charge is 2.33. The highest BCUT2D eigenvalue weighted by molar-refractivity contribution is 7.71. The molecule has 10 heteroatoms. The van der Waals surface area contributed by atoms with Gasteiger partial charge in [-0.1, -0.05) is 30.3 Å². The molecule has 2 heterocycles. The van der Waals surface area contributed by atoms with Gasteiger partial charge in [-0.25, -0.2) is 9.36 Å². The van der Waals surface area contributed by atoms with Crippen LogP contribution in [0.4, 0.5) is 18.9 Å². The van der Waals surface area contributed by atoms with Gasteiger partial charge in [-0.05, 0) is 43.4 Å². The largest absolute Gasteiger partial charge is 0.418 e. The molecule has 2 aromatic carbocycles. The van der Waals surface area contributed by atoms with Crippen molar-refractivity contribution in [1.29, 1.82) is 0 Å². The van der Waals surface area contributed by atoms with E-state index in [0.717, 1.165) is 17.4 Å². The second kappa shape index (κ2) is 7.79. The van der Waals surface area contributed by atoms with Gasteiger partial charge in [0, 0.05) is 5.69 Å². The highest BCUT2D eigenvalue weighted by atomic mass is 32.1. The van der Waals surface area contributed by atoms with Gasteiger partial charge in [0.25, 0.3) is 4.84 Å². The Labute approximate surface area is 174 Å². The molecule has 0 fully saturated rings. The Morgan fingerprint density at radius 1 is 1.07 bits per heavy atom. The lowest BCUT2D eigenvalue weighted by molar-refractivity contribution is -0.137. The third-order valence-corrected chi connectivity index (χ3v) is 4.79. The number of para-hydroxylation sites is 2. The first-order chi connectivity index (χ1) is 14.3. The van der Waals surface area contributed by atoms with E-state index in [4.69, 9.17) is 16.6 Å². The van der Waals surface area contributed by atoms with E-state index in [9.17, 15) is 13.2 Å². The van der Waals surface area contributed by atoms with Crippen molar-refractivity contribution in [3.8, 4) is 17.1 Å². The number of hydrogen-bond acceptors (Lipinski definition) is 5. The summed E-state index contributed by atoms with van der Waals surface area (Å²) in [5.74, 6) is 0.241. The molecule has 4 rings (SSSR count). The molecular formula is C20H16F3N5OS. The minimum Gasteiger partial charge on any atom is -0.409 e. The summed E-state index contributed by atoms with van der Waals surface area (Å²) in [7, 11) is 0. The van der Waals surface area contributed by atoms with Crippen LogP contribution in [-0.4, -0.2) is 19.6 Å². The van der Waals surface area contributed by atoms with Gasteiger partial charge in [-0.3, -0.25) is 0 Å². The molecule has 2 aromatic heterocycles. The second-order valence-electron chi connectivity index (χ2n) is 6.44. The van der Waals surface area contributed by atoms with Crippen LogP contribution in [0.15, 0.2) is 65.2 Å². The number of nitrogens with zero attached hydrogens (tertiary/aromatic N) is 4. The lowest BCUT2D eigenvalue weighted by Crippen LogP contribution is -2.14. The Bertz CT molecular complexity index is 1230. The standard InChI is InChI=1S/C20H16F3N5OS/c1-13-15(11-25-28(13)14-7-3-2-4-8-14)18-26-27(19(30)29-18)12-24-17-10-6-5-9-16(17)20(21,22)23/h2-11,24H,12H2,1H3. The van der Waals surface area contributed by atoms with E-state index >= 15 is 0 Å². The summed E-state index contributed by atoms with van der Waals surface area (Å²) in [6.45, 7) is 1.78. The molecule has 0 saturated heterocycles. The van der Waals surface area contributed by atoms with Crippen molar-refractivity contribution in [3.05, 3.63) is 76.9 Å². The van der Waals surface area contributed by atoms with Crippen molar-refractivity contribution >= 4 is 17.9 Å². The molecule has 0 amide bonds. The highest BCUT2D eigenvalue weighted by Crippen LogP contribution is 2.34. The molecule has 0 aliphatic carbocycles. The number of anilines is 1. The molecule has 154 valence electrons. The van der Waals surface area contributed by atoms with Crippen molar-refractivity contribution in [2.75, 3.05) is 5.32 Å². The molecule has 0 atom stereocenters. The van der Waals surface area contributed by atoms with Crippen molar-refractivity contribution in [2.45, 2.75) is 19.8 Å². The monoisotopic (exact) mass is 431 g/mol. The molecule has 0 aliphatic heterocycles. The number of benzene rings is 2. The molecule has 0 bridgehead atoms. The zero-order valence-corrected chi connectivity index (χ0v) is 16.5. The second-order valence-corrected chi connectivity index (χ2v) is 6.79. The number of halogens is 3. The molecule has 0 aliphatic rings. The molecular weight excluding hydrogens is 415 g/mol. The molecule has 6 nitrogen and oxygen atoms in total. The van der Waals surface area contributed by atoms with Crippen molar-refractivity contribution in [2.24, 2.45) is 0 Å². The van der Waals surface area contributed by atoms with Crippen LogP contribution in [0.1, 0.15) is 11.3 Å². The third kappa shape index (κ3) is 3.86. The van der Waals surface area contributed by atoms with E-state index in [1.807, 2.05) is 37.3 Å². The fourth-order valence-corrected chi connectivity index (χ4v) is 3.19. The summed E-state index contributed by atoms with van der Waals surface area (Å²) in [5, 5.41) is 11.4. The van der Waals surface area contributed by atoms with Gasteiger partial charge in [0.15, 0.2) is 0 Å². The summed E-state index contributed by atoms with van der Waals surface area (Å²) in [4.78, 5) is 0.0360. The van der Waals surface area contributed by atoms with Crippen LogP contribution in [0, 0.1) is 11.8 Å². The van der Waals surface area contributed by atoms with Crippen molar-refractivity contribution in [1.82, 2.24) is 19.6 Å². The predicted molar refractivity (Wildman–Crippen MR) is 108 cm³/mol. The zero-order valence-electron chi connectivity index (χ0n) is 15.7. The smallest absolute Gasteiger partial charge is 0.409 e. The van der Waals surface area contributed by atoms with Crippen LogP contribution in [0.25, 0.3) is 17.1 Å². The van der Waals surface area contributed by atoms with E-state index < -0.39 is 11.7 Å². The maximum Gasteiger partial charge on any atom is 0.418 e. The lowest BCUT2D eigenvalue weighted by atomic mass is 10.2. The zero-order chi connectivity index (χ0) is 21.3. The summed E-state index contributed by atoms with van der Waals surface area (Å²) in [5.41, 5.74) is 1.48. The number of nitrogens with one attached hydrogen (secondary N) is 1. The molecule has 30 heavy (non-hydrogen) atoms. The van der Waals surface area contributed by atoms with E-state index in [-0.39, 0.29) is 23.1 Å². The van der Waals surface area contributed by atoms with Gasteiger partial charge >= 0.3 is 6.18 Å². The minimum atomic E-state index is -4.47. The predicted octanol–water partition coefficient (Wildman–Crippen LogP) is 5.46. The molecule has 0 saturated carbocycles. The first-order valence-corrected chi connectivity index (χ1v) is 9.34. The first kappa shape index (κ1) is 19.9. The normalized spacial score (nSPS) is 11.6. The minimum absolute atomic E-state index is 0.0360. The number of aromatic nitrogens is 4. The molecule has 0 spiro atoms. The Balaban J connectivity index is 1.59. The van der Waals surface area contributed by atoms with Crippen LogP contribution in [0.3, 0.4) is 0 Å². The van der Waals surface area contributed by atoms with Gasteiger partial charge in [-0.15, -0.1) is 5.10 Å². The van der Waals surface area contributed by atoms with Gasteiger partial charge < -0.3 is 9.73 Å². The first-order valence-electron chi connectivity index (χ1n) is 8.93. The quantitative estimate of drug-likeness (QED) is 0.426. The van der Waals surface area contributed by atoms with E-state index in [1.54, 1.807) is 10.9 Å². The summed E-state index contributed by atoms with van der Waals surface area (Å²) in [6, 6.07) is 14.8. The number of alkyl halides is 3. The maximum absolute atomic E-state index is 13.2. The van der Waals surface area contributed by atoms with E-state index in [1.165, 1.54) is 22.9 Å². The lowest BCUT2D eigenvalue weighted by Gasteiger charge is -2.13. The van der Waals surface area contributed by atoms with E-state index in [2.05, 4.69) is 15.5 Å². The Kier molecular flexibility index (Phi) is 5.17. The average molecular weight is 431 g/mol. The van der Waals surface area contributed by atoms with Crippen molar-refractivity contribution < 1.29 is 17.6 Å². The summed E-state index contributed by atoms with van der Waals surface area (Å²) >= 11 is 5.18. The fourth-order valence-electron chi connectivity index (χ4n) is 3.01. The van der Waals surface area contributed by atoms with Crippen LogP contribution in [-0.2, 0) is 12.8 Å². The molecule has 0 radical (unpaired) electrons. The molecule has 4 aromatic rings. The van der Waals surface area contributed by atoms with E-state index in [0.29, 0.717) is 5.56 Å². The summed E-state index contributed by atoms with van der Waals surface area (Å²) in [6.07, 6.45) is -2.86. The Morgan fingerprint density at radius 3 is 2.50 bits per heavy atom. The average Bonchev–Trinajstić information content (AvgIpc) is 3.29. The SMILES string of the molecule is Cc1c(-c2nn(CNc3ccccc3C(F)(F)F)c(=S)o2)cnn1-c1ccccc1. The van der Waals surface area contributed by atoms with Gasteiger partial charge in [0.2, 0.25) is 5.89 Å².